The topological polar surface area (TPSA) is 42.0 Å². The third-order valence-corrected chi connectivity index (χ3v) is 3.07. The van der Waals surface area contributed by atoms with Crippen LogP contribution in [0, 0.1) is 5.82 Å². The molecule has 0 aliphatic heterocycles. The van der Waals surface area contributed by atoms with Crippen LogP contribution in [0.5, 0.6) is 0 Å². The van der Waals surface area contributed by atoms with Gasteiger partial charge in [-0.05, 0) is 36.6 Å². The van der Waals surface area contributed by atoms with E-state index in [1.807, 2.05) is 0 Å². The molecule has 1 fully saturated rings. The zero-order valence-corrected chi connectivity index (χ0v) is 10.3. The Bertz CT molecular complexity index is 623. The molecular weight excluding hydrogens is 243 g/mol. The van der Waals surface area contributed by atoms with Crippen LogP contribution in [0.1, 0.15) is 23.2 Å². The molecule has 2 aromatic rings. The molecule has 0 bridgehead atoms. The lowest BCUT2D eigenvalue weighted by Crippen LogP contribution is -2.25. The van der Waals surface area contributed by atoms with Gasteiger partial charge in [-0.1, -0.05) is 12.1 Å². The molecule has 3 rings (SSSR count). The average Bonchev–Trinajstić information content (AvgIpc) is 3.23. The number of nitrogens with zero attached hydrogens (tertiary/aromatic N) is 1. The highest BCUT2D eigenvalue weighted by molar-refractivity contribution is 5.95. The minimum absolute atomic E-state index is 0.117. The number of hydrogen-bond donors (Lipinski definition) is 1. The van der Waals surface area contributed by atoms with Crippen LogP contribution in [-0.2, 0) is 0 Å². The highest BCUT2D eigenvalue weighted by Crippen LogP contribution is 2.22. The van der Waals surface area contributed by atoms with Gasteiger partial charge in [0.2, 0.25) is 0 Å². The van der Waals surface area contributed by atoms with Crippen molar-refractivity contribution in [1.29, 1.82) is 0 Å². The Hall–Kier alpha value is -2.23. The molecule has 0 spiro atoms. The monoisotopic (exact) mass is 256 g/mol. The Morgan fingerprint density at radius 2 is 2.05 bits per heavy atom. The lowest BCUT2D eigenvalue weighted by atomic mass is 10.1. The van der Waals surface area contributed by atoms with E-state index < -0.39 is 0 Å². The van der Waals surface area contributed by atoms with Gasteiger partial charge in [0.15, 0.2) is 0 Å². The van der Waals surface area contributed by atoms with Gasteiger partial charge in [0.25, 0.3) is 5.91 Å². The fourth-order valence-electron chi connectivity index (χ4n) is 1.89. The summed E-state index contributed by atoms with van der Waals surface area (Å²) in [4.78, 5) is 16.0. The summed E-state index contributed by atoms with van der Waals surface area (Å²) in [6.07, 6.45) is 5.24. The molecule has 1 aliphatic rings. The van der Waals surface area contributed by atoms with Gasteiger partial charge in [-0.2, -0.15) is 0 Å². The molecule has 1 heterocycles. The zero-order valence-electron chi connectivity index (χ0n) is 10.3. The fourth-order valence-corrected chi connectivity index (χ4v) is 1.89. The number of benzene rings is 1. The molecule has 1 aromatic heterocycles. The predicted octanol–water partition coefficient (Wildman–Crippen LogP) is 2.78. The predicted molar refractivity (Wildman–Crippen MR) is 70.1 cm³/mol. The van der Waals surface area contributed by atoms with Crippen molar-refractivity contribution >= 4 is 5.91 Å². The van der Waals surface area contributed by atoms with Gasteiger partial charge in [0.05, 0.1) is 5.56 Å². The first-order chi connectivity index (χ1) is 9.22. The van der Waals surface area contributed by atoms with E-state index in [1.54, 1.807) is 24.4 Å². The Morgan fingerprint density at radius 3 is 2.79 bits per heavy atom. The second-order valence-corrected chi connectivity index (χ2v) is 4.72. The number of halogens is 1. The van der Waals surface area contributed by atoms with Gasteiger partial charge < -0.3 is 5.32 Å². The van der Waals surface area contributed by atoms with Crippen LogP contribution in [0.2, 0.25) is 0 Å². The lowest BCUT2D eigenvalue weighted by molar-refractivity contribution is 0.0951. The fraction of sp³-hybridized carbons (Fsp3) is 0.200. The second-order valence-electron chi connectivity index (χ2n) is 4.72. The summed E-state index contributed by atoms with van der Waals surface area (Å²) in [6, 6.07) is 8.30. The highest BCUT2D eigenvalue weighted by atomic mass is 19.1. The van der Waals surface area contributed by atoms with Crippen molar-refractivity contribution in [3.8, 4) is 11.1 Å². The molecule has 0 unspecified atom stereocenters. The van der Waals surface area contributed by atoms with Gasteiger partial charge in [0, 0.05) is 24.0 Å². The number of pyridine rings is 1. The van der Waals surface area contributed by atoms with E-state index in [1.165, 1.54) is 18.3 Å². The van der Waals surface area contributed by atoms with Crippen LogP contribution in [0.25, 0.3) is 11.1 Å². The van der Waals surface area contributed by atoms with E-state index in [9.17, 15) is 9.18 Å². The first-order valence-corrected chi connectivity index (χ1v) is 6.24. The molecule has 19 heavy (non-hydrogen) atoms. The number of amides is 1. The van der Waals surface area contributed by atoms with Gasteiger partial charge >= 0.3 is 0 Å². The maximum Gasteiger partial charge on any atom is 0.253 e. The van der Waals surface area contributed by atoms with Gasteiger partial charge in [-0.3, -0.25) is 9.78 Å². The minimum Gasteiger partial charge on any atom is -0.349 e. The Kier molecular flexibility index (Phi) is 2.99. The van der Waals surface area contributed by atoms with Crippen LogP contribution in [0.15, 0.2) is 42.7 Å². The smallest absolute Gasteiger partial charge is 0.253 e. The summed E-state index contributed by atoms with van der Waals surface area (Å²) in [6.45, 7) is 0. The first kappa shape index (κ1) is 11.8. The van der Waals surface area contributed by atoms with Crippen molar-refractivity contribution in [2.45, 2.75) is 18.9 Å². The summed E-state index contributed by atoms with van der Waals surface area (Å²) < 4.78 is 13.2. The van der Waals surface area contributed by atoms with Gasteiger partial charge in [-0.25, -0.2) is 4.39 Å². The molecule has 1 aromatic carbocycles. The summed E-state index contributed by atoms with van der Waals surface area (Å²) in [5.41, 5.74) is 1.96. The quantitative estimate of drug-likeness (QED) is 0.917. The Morgan fingerprint density at radius 1 is 1.21 bits per heavy atom. The Labute approximate surface area is 110 Å². The molecule has 1 saturated carbocycles. The zero-order chi connectivity index (χ0) is 13.2. The van der Waals surface area contributed by atoms with E-state index in [2.05, 4.69) is 10.3 Å². The molecule has 4 heteroatoms. The number of carbonyl (C=O) groups excluding carboxylic acids is 1. The Balaban J connectivity index is 1.88. The van der Waals surface area contributed by atoms with Crippen LogP contribution >= 0.6 is 0 Å². The number of rotatable bonds is 3. The van der Waals surface area contributed by atoms with E-state index in [-0.39, 0.29) is 11.7 Å². The summed E-state index contributed by atoms with van der Waals surface area (Å²) in [5.74, 6) is -0.418. The standard InChI is InChI=1S/C15H13FN2O/c16-13-3-1-2-10(7-13)11-6-12(9-17-8-11)15(19)18-14-4-5-14/h1-3,6-9,14H,4-5H2,(H,18,19). The van der Waals surface area contributed by atoms with E-state index in [0.29, 0.717) is 17.2 Å². The maximum atomic E-state index is 13.2. The molecule has 1 N–H and O–H groups in total. The maximum absolute atomic E-state index is 13.2. The SMILES string of the molecule is O=C(NC1CC1)c1cncc(-c2cccc(F)c2)c1. The minimum atomic E-state index is -0.301. The molecular formula is C15H13FN2O. The van der Waals surface area contributed by atoms with Crippen molar-refractivity contribution in [2.75, 3.05) is 0 Å². The van der Waals surface area contributed by atoms with E-state index in [4.69, 9.17) is 0 Å². The lowest BCUT2D eigenvalue weighted by Gasteiger charge is -2.06. The summed E-state index contributed by atoms with van der Waals surface area (Å²) in [7, 11) is 0. The van der Waals surface area contributed by atoms with Crippen LogP contribution in [0.4, 0.5) is 4.39 Å². The molecule has 0 atom stereocenters. The summed E-state index contributed by atoms with van der Waals surface area (Å²) in [5, 5.41) is 2.91. The van der Waals surface area contributed by atoms with Crippen molar-refractivity contribution in [3.63, 3.8) is 0 Å². The van der Waals surface area contributed by atoms with Crippen LogP contribution < -0.4 is 5.32 Å². The molecule has 96 valence electrons. The van der Waals surface area contributed by atoms with E-state index >= 15 is 0 Å². The largest absolute Gasteiger partial charge is 0.349 e. The highest BCUT2D eigenvalue weighted by Gasteiger charge is 2.23. The summed E-state index contributed by atoms with van der Waals surface area (Å²) >= 11 is 0. The third kappa shape index (κ3) is 2.78. The second kappa shape index (κ2) is 4.80. The van der Waals surface area contributed by atoms with Crippen molar-refractivity contribution in [3.05, 3.63) is 54.1 Å². The normalized spacial score (nSPS) is 14.2. The number of hydrogen-bond acceptors (Lipinski definition) is 2. The average molecular weight is 256 g/mol. The molecule has 1 aliphatic carbocycles. The van der Waals surface area contributed by atoms with Crippen molar-refractivity contribution < 1.29 is 9.18 Å². The number of nitrogens with one attached hydrogen (secondary N) is 1. The number of aromatic nitrogens is 1. The third-order valence-electron chi connectivity index (χ3n) is 3.07. The van der Waals surface area contributed by atoms with Gasteiger partial charge in [-0.15, -0.1) is 0 Å². The van der Waals surface area contributed by atoms with Crippen molar-refractivity contribution in [1.82, 2.24) is 10.3 Å². The molecule has 0 radical (unpaired) electrons. The van der Waals surface area contributed by atoms with Gasteiger partial charge in [0.1, 0.15) is 5.82 Å². The first-order valence-electron chi connectivity index (χ1n) is 6.24. The van der Waals surface area contributed by atoms with E-state index in [0.717, 1.165) is 18.4 Å². The van der Waals surface area contributed by atoms with Crippen LogP contribution in [0.3, 0.4) is 0 Å². The molecule has 3 nitrogen and oxygen atoms in total. The molecule has 0 saturated heterocycles. The van der Waals surface area contributed by atoms with Crippen molar-refractivity contribution in [2.24, 2.45) is 0 Å². The molecule has 1 amide bonds. The number of carbonyl (C=O) groups is 1. The van der Waals surface area contributed by atoms with Crippen LogP contribution in [-0.4, -0.2) is 16.9 Å².